The van der Waals surface area contributed by atoms with Crippen LogP contribution in [0.15, 0.2) is 54.6 Å². The molecule has 3 rings (SSSR count). The number of ether oxygens (including phenoxy) is 1. The van der Waals surface area contributed by atoms with Crippen molar-refractivity contribution in [1.29, 1.82) is 0 Å². The molecule has 8 heteroatoms. The van der Waals surface area contributed by atoms with Gasteiger partial charge in [0.15, 0.2) is 0 Å². The molecule has 1 aliphatic heterocycles. The fraction of sp³-hybridized carbons (Fsp3) is 0.318. The van der Waals surface area contributed by atoms with Crippen molar-refractivity contribution in [2.45, 2.75) is 31.5 Å². The highest BCUT2D eigenvalue weighted by molar-refractivity contribution is 6.04. The number of urea groups is 1. The second-order valence-electron chi connectivity index (χ2n) is 7.03. The van der Waals surface area contributed by atoms with Gasteiger partial charge in [-0.3, -0.25) is 14.5 Å². The summed E-state index contributed by atoms with van der Waals surface area (Å²) >= 11 is 0. The highest BCUT2D eigenvalue weighted by atomic mass is 16.5. The predicted molar refractivity (Wildman–Crippen MR) is 110 cm³/mol. The summed E-state index contributed by atoms with van der Waals surface area (Å²) in [4.78, 5) is 38.2. The van der Waals surface area contributed by atoms with Crippen LogP contribution in [-0.4, -0.2) is 47.6 Å². The largest absolute Gasteiger partial charge is 0.497 e. The third-order valence-corrected chi connectivity index (χ3v) is 4.99. The Balaban J connectivity index is 1.52. The second kappa shape index (κ2) is 9.89. The number of carbonyl (C=O) groups is 3. The molecule has 3 N–H and O–H groups in total. The molecule has 0 radical (unpaired) electrons. The van der Waals surface area contributed by atoms with Gasteiger partial charge in [0.05, 0.1) is 26.3 Å². The molecule has 0 bridgehead atoms. The number of aliphatic hydroxyl groups excluding tert-OH is 1. The molecule has 0 aromatic heterocycles. The summed E-state index contributed by atoms with van der Waals surface area (Å²) < 4.78 is 5.10. The quantitative estimate of drug-likeness (QED) is 0.545. The predicted octanol–water partition coefficient (Wildman–Crippen LogP) is 1.75. The van der Waals surface area contributed by atoms with Crippen molar-refractivity contribution in [3.05, 3.63) is 65.7 Å². The Morgan fingerprint density at radius 1 is 1.17 bits per heavy atom. The second-order valence-corrected chi connectivity index (χ2v) is 7.03. The van der Waals surface area contributed by atoms with Crippen LogP contribution >= 0.6 is 0 Å². The molecule has 2 atom stereocenters. The number of benzene rings is 2. The van der Waals surface area contributed by atoms with Gasteiger partial charge in [0, 0.05) is 6.42 Å². The van der Waals surface area contributed by atoms with Crippen LogP contribution in [0.1, 0.15) is 30.0 Å². The molecule has 0 spiro atoms. The van der Waals surface area contributed by atoms with Gasteiger partial charge >= 0.3 is 6.03 Å². The maximum atomic E-state index is 12.6. The lowest BCUT2D eigenvalue weighted by Gasteiger charge is -2.17. The Bertz CT molecular complexity index is 885. The van der Waals surface area contributed by atoms with E-state index in [-0.39, 0.29) is 37.8 Å². The maximum Gasteiger partial charge on any atom is 0.325 e. The summed E-state index contributed by atoms with van der Waals surface area (Å²) in [6, 6.07) is 14.5. The summed E-state index contributed by atoms with van der Waals surface area (Å²) in [6.07, 6.45) is 0.235. The first-order chi connectivity index (χ1) is 14.5. The van der Waals surface area contributed by atoms with Crippen molar-refractivity contribution < 1.29 is 24.2 Å². The minimum absolute atomic E-state index is 0.0520. The first-order valence-corrected chi connectivity index (χ1v) is 9.71. The molecule has 158 valence electrons. The zero-order valence-corrected chi connectivity index (χ0v) is 16.7. The van der Waals surface area contributed by atoms with Crippen molar-refractivity contribution >= 4 is 17.8 Å². The average molecular weight is 411 g/mol. The van der Waals surface area contributed by atoms with Crippen LogP contribution in [-0.2, 0) is 16.1 Å². The number of amides is 4. The van der Waals surface area contributed by atoms with Crippen LogP contribution in [0.2, 0.25) is 0 Å². The first-order valence-electron chi connectivity index (χ1n) is 9.71. The lowest BCUT2D eigenvalue weighted by molar-refractivity contribution is -0.128. The molecule has 0 unspecified atom stereocenters. The van der Waals surface area contributed by atoms with Crippen molar-refractivity contribution in [3.8, 4) is 5.75 Å². The van der Waals surface area contributed by atoms with E-state index in [9.17, 15) is 19.5 Å². The molecule has 0 saturated carbocycles. The Hall–Kier alpha value is -3.39. The van der Waals surface area contributed by atoms with E-state index in [1.54, 1.807) is 31.4 Å². The maximum absolute atomic E-state index is 12.6. The third-order valence-electron chi connectivity index (χ3n) is 4.99. The van der Waals surface area contributed by atoms with Gasteiger partial charge in [0.1, 0.15) is 11.8 Å². The topological polar surface area (TPSA) is 108 Å². The third kappa shape index (κ3) is 5.15. The monoisotopic (exact) mass is 411 g/mol. The number of methoxy groups -OCH3 is 1. The summed E-state index contributed by atoms with van der Waals surface area (Å²) in [5.41, 5.74) is 1.59. The highest BCUT2D eigenvalue weighted by Crippen LogP contribution is 2.18. The van der Waals surface area contributed by atoms with Gasteiger partial charge in [-0.15, -0.1) is 0 Å². The van der Waals surface area contributed by atoms with Gasteiger partial charge in [-0.2, -0.15) is 0 Å². The number of aliphatic hydroxyl groups is 1. The van der Waals surface area contributed by atoms with E-state index < -0.39 is 18.1 Å². The summed E-state index contributed by atoms with van der Waals surface area (Å²) in [7, 11) is 1.57. The fourth-order valence-electron chi connectivity index (χ4n) is 3.30. The van der Waals surface area contributed by atoms with E-state index in [2.05, 4.69) is 10.6 Å². The zero-order chi connectivity index (χ0) is 21.5. The SMILES string of the molecule is COc1ccc(CN2C(=O)N[C@H](CCC(=O)N[C@@H](CO)c3ccccc3)C2=O)cc1. The molecule has 1 heterocycles. The van der Waals surface area contributed by atoms with E-state index in [0.717, 1.165) is 16.0 Å². The Morgan fingerprint density at radius 2 is 1.87 bits per heavy atom. The van der Waals surface area contributed by atoms with Gasteiger partial charge in [-0.25, -0.2) is 4.79 Å². The van der Waals surface area contributed by atoms with Crippen LogP contribution in [0.4, 0.5) is 4.79 Å². The number of nitrogens with one attached hydrogen (secondary N) is 2. The molecular weight excluding hydrogens is 386 g/mol. The minimum Gasteiger partial charge on any atom is -0.497 e. The van der Waals surface area contributed by atoms with E-state index in [4.69, 9.17) is 4.74 Å². The number of nitrogens with zero attached hydrogens (tertiary/aromatic N) is 1. The number of carbonyl (C=O) groups excluding carboxylic acids is 3. The summed E-state index contributed by atoms with van der Waals surface area (Å²) in [5.74, 6) is 0.0375. The number of hydrogen-bond acceptors (Lipinski definition) is 5. The van der Waals surface area contributed by atoms with Crippen molar-refractivity contribution in [2.24, 2.45) is 0 Å². The van der Waals surface area contributed by atoms with Gasteiger partial charge in [0.25, 0.3) is 5.91 Å². The summed E-state index contributed by atoms with van der Waals surface area (Å²) in [6.45, 7) is -0.0809. The van der Waals surface area contributed by atoms with Crippen LogP contribution in [0.25, 0.3) is 0 Å². The number of imide groups is 1. The molecule has 0 aliphatic carbocycles. The van der Waals surface area contributed by atoms with Crippen LogP contribution < -0.4 is 15.4 Å². The Morgan fingerprint density at radius 3 is 2.50 bits per heavy atom. The lowest BCUT2D eigenvalue weighted by atomic mass is 10.1. The van der Waals surface area contributed by atoms with Crippen LogP contribution in [0.5, 0.6) is 5.75 Å². The van der Waals surface area contributed by atoms with E-state index >= 15 is 0 Å². The molecule has 2 aromatic rings. The van der Waals surface area contributed by atoms with Gasteiger partial charge in [0.2, 0.25) is 5.91 Å². The van der Waals surface area contributed by atoms with Gasteiger partial charge in [-0.1, -0.05) is 42.5 Å². The highest BCUT2D eigenvalue weighted by Gasteiger charge is 2.37. The molecular formula is C22H25N3O5. The number of hydrogen-bond donors (Lipinski definition) is 3. The first kappa shape index (κ1) is 21.3. The standard InChI is InChI=1S/C22H25N3O5/c1-30-17-9-7-15(8-10-17)13-25-21(28)18(24-22(25)29)11-12-20(27)23-19(14-26)16-5-3-2-4-6-16/h2-10,18-19,26H,11-14H2,1H3,(H,23,27)(H,24,29)/t18-,19+/m1/s1. The Labute approximate surface area is 174 Å². The molecule has 2 aromatic carbocycles. The molecule has 1 saturated heterocycles. The average Bonchev–Trinajstić information content (AvgIpc) is 3.04. The van der Waals surface area contributed by atoms with E-state index in [0.29, 0.717) is 5.75 Å². The number of rotatable bonds is 9. The van der Waals surface area contributed by atoms with Crippen molar-refractivity contribution in [3.63, 3.8) is 0 Å². The molecule has 30 heavy (non-hydrogen) atoms. The normalized spacial score (nSPS) is 16.9. The smallest absolute Gasteiger partial charge is 0.325 e. The molecule has 1 aliphatic rings. The van der Waals surface area contributed by atoms with Crippen molar-refractivity contribution in [2.75, 3.05) is 13.7 Å². The Kier molecular flexibility index (Phi) is 7.03. The summed E-state index contributed by atoms with van der Waals surface area (Å²) in [5, 5.41) is 14.9. The van der Waals surface area contributed by atoms with Gasteiger partial charge in [-0.05, 0) is 29.7 Å². The minimum atomic E-state index is -0.745. The fourth-order valence-corrected chi connectivity index (χ4v) is 3.30. The molecule has 1 fully saturated rings. The molecule has 4 amide bonds. The van der Waals surface area contributed by atoms with Crippen molar-refractivity contribution in [1.82, 2.24) is 15.5 Å². The van der Waals surface area contributed by atoms with Crippen LogP contribution in [0.3, 0.4) is 0 Å². The van der Waals surface area contributed by atoms with Crippen LogP contribution in [0, 0.1) is 0 Å². The van der Waals surface area contributed by atoms with Gasteiger partial charge < -0.3 is 20.5 Å². The van der Waals surface area contributed by atoms with E-state index in [1.165, 1.54) is 0 Å². The lowest BCUT2D eigenvalue weighted by Crippen LogP contribution is -2.34. The zero-order valence-electron chi connectivity index (χ0n) is 16.7. The molecule has 8 nitrogen and oxygen atoms in total. The van der Waals surface area contributed by atoms with E-state index in [1.807, 2.05) is 30.3 Å².